The van der Waals surface area contributed by atoms with Gasteiger partial charge >= 0.3 is 0 Å². The van der Waals surface area contributed by atoms with E-state index in [4.69, 9.17) is 9.47 Å². The first-order valence-electron chi connectivity index (χ1n) is 6.51. The van der Waals surface area contributed by atoms with E-state index in [2.05, 4.69) is 55.5 Å². The molecular weight excluding hydrogens is 418 g/mol. The maximum atomic E-state index is 5.78. The summed E-state index contributed by atoms with van der Waals surface area (Å²) in [5.74, 6) is 1.58. The monoisotopic (exact) mass is 433 g/mol. The lowest BCUT2D eigenvalue weighted by atomic mass is 10.3. The third-order valence-corrected chi connectivity index (χ3v) is 5.26. The molecule has 0 radical (unpaired) electrons. The highest BCUT2D eigenvalue weighted by Crippen LogP contribution is 2.35. The zero-order chi connectivity index (χ0) is 15.2. The molecule has 114 valence electrons. The normalized spacial score (nSPS) is 10.7. The summed E-state index contributed by atoms with van der Waals surface area (Å²) in [6.07, 6.45) is 0. The topological polar surface area (TPSA) is 30.5 Å². The Labute approximate surface area is 145 Å². The number of hydrogen-bond donors (Lipinski definition) is 1. The zero-order valence-electron chi connectivity index (χ0n) is 11.9. The number of nitrogens with one attached hydrogen (secondary N) is 1. The molecule has 0 bridgehead atoms. The molecule has 1 N–H and O–H groups in total. The van der Waals surface area contributed by atoms with Crippen molar-refractivity contribution in [3.8, 4) is 11.5 Å². The first-order valence-corrected chi connectivity index (χ1v) is 8.98. The van der Waals surface area contributed by atoms with Crippen LogP contribution in [0.25, 0.3) is 0 Å². The number of ether oxygens (including phenoxy) is 2. The maximum Gasteiger partial charge on any atom is 0.134 e. The lowest BCUT2D eigenvalue weighted by molar-refractivity contribution is 0.311. The first kappa shape index (κ1) is 16.8. The van der Waals surface area contributed by atoms with Crippen molar-refractivity contribution in [1.29, 1.82) is 0 Å². The van der Waals surface area contributed by atoms with E-state index in [1.54, 1.807) is 18.4 Å². The lowest BCUT2D eigenvalue weighted by Crippen LogP contribution is -2.20. The van der Waals surface area contributed by atoms with Crippen LogP contribution < -0.4 is 14.8 Å². The molecule has 0 spiro atoms. The summed E-state index contributed by atoms with van der Waals surface area (Å²) in [4.78, 5) is 1.38. The van der Waals surface area contributed by atoms with E-state index in [1.807, 2.05) is 12.1 Å². The molecule has 6 heteroatoms. The highest BCUT2D eigenvalue weighted by molar-refractivity contribution is 9.11. The van der Waals surface area contributed by atoms with Gasteiger partial charge < -0.3 is 14.8 Å². The molecule has 2 rings (SSSR count). The Bertz CT molecular complexity index is 601. The molecule has 2 aromatic rings. The maximum absolute atomic E-state index is 5.78. The Morgan fingerprint density at radius 3 is 2.57 bits per heavy atom. The van der Waals surface area contributed by atoms with Crippen molar-refractivity contribution in [3.05, 3.63) is 43.0 Å². The van der Waals surface area contributed by atoms with Gasteiger partial charge in [-0.05, 0) is 67.9 Å². The molecule has 0 aliphatic carbocycles. The molecule has 1 aromatic carbocycles. The Balaban J connectivity index is 1.78. The Kier molecular flexibility index (Phi) is 6.54. The van der Waals surface area contributed by atoms with Gasteiger partial charge in [0.15, 0.2) is 0 Å². The number of thiophene rings is 1. The molecule has 0 atom stereocenters. The van der Waals surface area contributed by atoms with Crippen LogP contribution in [-0.4, -0.2) is 20.3 Å². The van der Waals surface area contributed by atoms with E-state index in [0.717, 1.165) is 33.5 Å². The summed E-state index contributed by atoms with van der Waals surface area (Å²) in [6, 6.07) is 5.94. The van der Waals surface area contributed by atoms with Crippen LogP contribution in [0.4, 0.5) is 0 Å². The van der Waals surface area contributed by atoms with Gasteiger partial charge in [0.25, 0.3) is 0 Å². The SMILES string of the molecule is COc1cc(Br)c(OCCNCc2sccc2C)cc1Br. The van der Waals surface area contributed by atoms with Crippen LogP contribution in [0.5, 0.6) is 11.5 Å². The second-order valence-corrected chi connectivity index (χ2v) is 7.18. The fourth-order valence-corrected chi connectivity index (χ4v) is 3.59. The van der Waals surface area contributed by atoms with E-state index in [9.17, 15) is 0 Å². The van der Waals surface area contributed by atoms with Gasteiger partial charge in [0.2, 0.25) is 0 Å². The highest BCUT2D eigenvalue weighted by Gasteiger charge is 2.08. The van der Waals surface area contributed by atoms with Crippen LogP contribution in [0.3, 0.4) is 0 Å². The average Bonchev–Trinajstić information content (AvgIpc) is 2.87. The number of hydrogen-bond acceptors (Lipinski definition) is 4. The molecule has 0 unspecified atom stereocenters. The largest absolute Gasteiger partial charge is 0.496 e. The quantitative estimate of drug-likeness (QED) is 0.637. The molecule has 0 saturated heterocycles. The molecule has 1 heterocycles. The number of rotatable bonds is 7. The third-order valence-electron chi connectivity index (χ3n) is 3.00. The predicted molar refractivity (Wildman–Crippen MR) is 94.7 cm³/mol. The van der Waals surface area contributed by atoms with Crippen LogP contribution >= 0.6 is 43.2 Å². The minimum atomic E-state index is 0.613. The zero-order valence-corrected chi connectivity index (χ0v) is 15.9. The summed E-state index contributed by atoms with van der Waals surface area (Å²) in [5, 5.41) is 5.51. The smallest absolute Gasteiger partial charge is 0.134 e. The van der Waals surface area contributed by atoms with Crippen molar-refractivity contribution in [2.45, 2.75) is 13.5 Å². The molecular formula is C15H17Br2NO2S. The highest BCUT2D eigenvalue weighted by atomic mass is 79.9. The minimum Gasteiger partial charge on any atom is -0.496 e. The van der Waals surface area contributed by atoms with E-state index in [1.165, 1.54) is 10.4 Å². The molecule has 3 nitrogen and oxygen atoms in total. The Morgan fingerprint density at radius 2 is 1.90 bits per heavy atom. The summed E-state index contributed by atoms with van der Waals surface area (Å²) in [5.41, 5.74) is 1.34. The molecule has 21 heavy (non-hydrogen) atoms. The third kappa shape index (κ3) is 4.71. The van der Waals surface area contributed by atoms with E-state index >= 15 is 0 Å². The van der Waals surface area contributed by atoms with E-state index in [-0.39, 0.29) is 0 Å². The van der Waals surface area contributed by atoms with Gasteiger partial charge in [-0.25, -0.2) is 0 Å². The van der Waals surface area contributed by atoms with E-state index < -0.39 is 0 Å². The van der Waals surface area contributed by atoms with Gasteiger partial charge in [-0.15, -0.1) is 11.3 Å². The first-order chi connectivity index (χ1) is 10.1. The van der Waals surface area contributed by atoms with Crippen molar-refractivity contribution in [2.24, 2.45) is 0 Å². The Morgan fingerprint density at radius 1 is 1.19 bits per heavy atom. The van der Waals surface area contributed by atoms with Crippen molar-refractivity contribution in [3.63, 3.8) is 0 Å². The molecule has 0 saturated carbocycles. The van der Waals surface area contributed by atoms with Crippen molar-refractivity contribution in [2.75, 3.05) is 20.3 Å². The molecule has 1 aromatic heterocycles. The standard InChI is InChI=1S/C15H17Br2NO2S/c1-10-3-6-21-15(10)9-18-4-5-20-14-8-11(16)13(19-2)7-12(14)17/h3,6-8,18H,4-5,9H2,1-2H3. The number of aryl methyl sites for hydroxylation is 1. The summed E-state index contributed by atoms with van der Waals surface area (Å²) >= 11 is 8.73. The van der Waals surface area contributed by atoms with Gasteiger partial charge in [-0.1, -0.05) is 0 Å². The second kappa shape index (κ2) is 8.17. The molecule has 0 aliphatic rings. The number of halogens is 2. The van der Waals surface area contributed by atoms with E-state index in [0.29, 0.717) is 6.61 Å². The van der Waals surface area contributed by atoms with Gasteiger partial charge in [-0.3, -0.25) is 0 Å². The number of benzene rings is 1. The van der Waals surface area contributed by atoms with Crippen LogP contribution in [0.1, 0.15) is 10.4 Å². The summed E-state index contributed by atoms with van der Waals surface area (Å²) in [6.45, 7) is 4.44. The fourth-order valence-electron chi connectivity index (χ4n) is 1.80. The van der Waals surface area contributed by atoms with Crippen LogP contribution in [0.2, 0.25) is 0 Å². The van der Waals surface area contributed by atoms with Crippen molar-refractivity contribution in [1.82, 2.24) is 5.32 Å². The minimum absolute atomic E-state index is 0.613. The van der Waals surface area contributed by atoms with Gasteiger partial charge in [0.05, 0.1) is 16.1 Å². The predicted octanol–water partition coefficient (Wildman–Crippen LogP) is 4.76. The van der Waals surface area contributed by atoms with Crippen LogP contribution in [0, 0.1) is 6.92 Å². The van der Waals surface area contributed by atoms with Gasteiger partial charge in [0.1, 0.15) is 18.1 Å². The number of methoxy groups -OCH3 is 1. The van der Waals surface area contributed by atoms with Gasteiger partial charge in [0, 0.05) is 18.0 Å². The second-order valence-electron chi connectivity index (χ2n) is 4.47. The van der Waals surface area contributed by atoms with Crippen LogP contribution in [0.15, 0.2) is 32.5 Å². The summed E-state index contributed by atoms with van der Waals surface area (Å²) in [7, 11) is 1.64. The molecule has 0 aliphatic heterocycles. The Hall–Kier alpha value is -0.560. The fraction of sp³-hybridized carbons (Fsp3) is 0.333. The summed E-state index contributed by atoms with van der Waals surface area (Å²) < 4.78 is 12.8. The lowest BCUT2D eigenvalue weighted by Gasteiger charge is -2.11. The molecule has 0 amide bonds. The average molecular weight is 435 g/mol. The van der Waals surface area contributed by atoms with Crippen LogP contribution in [-0.2, 0) is 6.54 Å². The van der Waals surface area contributed by atoms with Crippen molar-refractivity contribution < 1.29 is 9.47 Å². The van der Waals surface area contributed by atoms with Gasteiger partial charge in [-0.2, -0.15) is 0 Å². The molecule has 0 fully saturated rings. The van der Waals surface area contributed by atoms with Crippen molar-refractivity contribution >= 4 is 43.2 Å².